The van der Waals surface area contributed by atoms with E-state index in [1.54, 1.807) is 18.2 Å². The fraction of sp³-hybridized carbons (Fsp3) is 0.385. The van der Waals surface area contributed by atoms with Crippen LogP contribution in [0.1, 0.15) is 29.5 Å². The highest BCUT2D eigenvalue weighted by atomic mass is 19.4. The first-order valence-electron chi connectivity index (χ1n) is 11.7. The van der Waals surface area contributed by atoms with Gasteiger partial charge < -0.3 is 14.4 Å². The van der Waals surface area contributed by atoms with Gasteiger partial charge in [0.05, 0.1) is 37.7 Å². The fourth-order valence-electron chi connectivity index (χ4n) is 5.00. The maximum Gasteiger partial charge on any atom is 0.418 e. The van der Waals surface area contributed by atoms with Crippen molar-refractivity contribution in [3.8, 4) is 28.4 Å². The van der Waals surface area contributed by atoms with E-state index in [2.05, 4.69) is 5.10 Å². The van der Waals surface area contributed by atoms with Crippen LogP contribution in [0.2, 0.25) is 0 Å². The van der Waals surface area contributed by atoms with Gasteiger partial charge >= 0.3 is 6.18 Å². The molecule has 196 valence electrons. The molecule has 1 aliphatic carbocycles. The molecule has 5 rings (SSSR count). The number of fused-ring (bicyclic) bond motifs is 1. The summed E-state index contributed by atoms with van der Waals surface area (Å²) in [7, 11) is 2.95. The SMILES string of the molecule is COc1cc(OC)cc(-c2nn(-c3cc(N4CCC(F)(F)C4)ccc3C(F)(F)F)c(=O)c3c2CCC3)c1. The number of hydrogen-bond donors (Lipinski definition) is 0. The van der Waals surface area contributed by atoms with E-state index in [1.807, 2.05) is 0 Å². The highest BCUT2D eigenvalue weighted by Crippen LogP contribution is 2.39. The first kappa shape index (κ1) is 25.0. The van der Waals surface area contributed by atoms with Gasteiger partial charge in [0.15, 0.2) is 0 Å². The summed E-state index contributed by atoms with van der Waals surface area (Å²) in [4.78, 5) is 14.8. The monoisotopic (exact) mass is 521 g/mol. The summed E-state index contributed by atoms with van der Waals surface area (Å²) in [5.41, 5.74) is -0.152. The summed E-state index contributed by atoms with van der Waals surface area (Å²) in [5, 5.41) is 4.43. The second-order valence-electron chi connectivity index (χ2n) is 9.20. The summed E-state index contributed by atoms with van der Waals surface area (Å²) in [6.45, 7) is -0.627. The van der Waals surface area contributed by atoms with E-state index in [1.165, 1.54) is 19.1 Å². The van der Waals surface area contributed by atoms with E-state index in [4.69, 9.17) is 9.47 Å². The molecule has 0 amide bonds. The van der Waals surface area contributed by atoms with E-state index in [9.17, 15) is 26.7 Å². The summed E-state index contributed by atoms with van der Waals surface area (Å²) in [5.74, 6) is -2.04. The Morgan fingerprint density at radius 2 is 1.65 bits per heavy atom. The largest absolute Gasteiger partial charge is 0.497 e. The quantitative estimate of drug-likeness (QED) is 0.429. The van der Waals surface area contributed by atoms with Crippen molar-refractivity contribution in [2.24, 2.45) is 0 Å². The average Bonchev–Trinajstić information content (AvgIpc) is 3.50. The molecule has 6 nitrogen and oxygen atoms in total. The minimum atomic E-state index is -4.80. The summed E-state index contributed by atoms with van der Waals surface area (Å²) >= 11 is 0. The van der Waals surface area contributed by atoms with Gasteiger partial charge in [-0.2, -0.15) is 23.0 Å². The lowest BCUT2D eigenvalue weighted by atomic mass is 10.0. The average molecular weight is 521 g/mol. The number of anilines is 1. The van der Waals surface area contributed by atoms with Gasteiger partial charge in [0.2, 0.25) is 0 Å². The lowest BCUT2D eigenvalue weighted by molar-refractivity contribution is -0.137. The van der Waals surface area contributed by atoms with Crippen LogP contribution in [0.3, 0.4) is 0 Å². The fourth-order valence-corrected chi connectivity index (χ4v) is 5.00. The van der Waals surface area contributed by atoms with E-state index < -0.39 is 41.9 Å². The molecule has 1 aromatic heterocycles. The summed E-state index contributed by atoms with van der Waals surface area (Å²) < 4.78 is 81.4. The van der Waals surface area contributed by atoms with Gasteiger partial charge in [0.25, 0.3) is 11.5 Å². The minimum Gasteiger partial charge on any atom is -0.497 e. The van der Waals surface area contributed by atoms with Gasteiger partial charge in [-0.3, -0.25) is 4.79 Å². The number of nitrogens with zero attached hydrogens (tertiary/aromatic N) is 3. The van der Waals surface area contributed by atoms with Gasteiger partial charge in [-0.25, -0.2) is 8.78 Å². The van der Waals surface area contributed by atoms with Crippen molar-refractivity contribution in [3.63, 3.8) is 0 Å². The molecule has 1 saturated heterocycles. The molecule has 0 N–H and O–H groups in total. The Morgan fingerprint density at radius 1 is 0.973 bits per heavy atom. The normalized spacial score (nSPS) is 16.7. The molecule has 3 aromatic rings. The molecule has 0 bridgehead atoms. The van der Waals surface area contributed by atoms with Gasteiger partial charge in [-0.1, -0.05) is 0 Å². The van der Waals surface area contributed by atoms with E-state index in [0.29, 0.717) is 53.1 Å². The molecule has 2 heterocycles. The first-order chi connectivity index (χ1) is 17.5. The Bertz CT molecular complexity index is 1400. The number of alkyl halides is 5. The van der Waals surface area contributed by atoms with E-state index >= 15 is 0 Å². The molecule has 0 radical (unpaired) electrons. The van der Waals surface area contributed by atoms with Crippen LogP contribution in [0.5, 0.6) is 11.5 Å². The number of ether oxygens (including phenoxy) is 2. The van der Waals surface area contributed by atoms with Crippen molar-refractivity contribution in [2.75, 3.05) is 32.2 Å². The van der Waals surface area contributed by atoms with Crippen molar-refractivity contribution in [3.05, 3.63) is 63.4 Å². The molecule has 2 aromatic carbocycles. The predicted octanol–water partition coefficient (Wildman–Crippen LogP) is 5.27. The number of halogens is 5. The van der Waals surface area contributed by atoms with Crippen LogP contribution >= 0.6 is 0 Å². The second-order valence-corrected chi connectivity index (χ2v) is 9.20. The first-order valence-corrected chi connectivity index (χ1v) is 11.7. The number of benzene rings is 2. The Morgan fingerprint density at radius 3 is 2.24 bits per heavy atom. The summed E-state index contributed by atoms with van der Waals surface area (Å²) in [6, 6.07) is 8.08. The third kappa shape index (κ3) is 4.62. The number of hydrogen-bond acceptors (Lipinski definition) is 5. The molecule has 1 fully saturated rings. The molecule has 0 unspecified atom stereocenters. The molecule has 37 heavy (non-hydrogen) atoms. The van der Waals surface area contributed by atoms with Crippen LogP contribution in [0.4, 0.5) is 27.6 Å². The number of rotatable bonds is 5. The molecule has 0 spiro atoms. The van der Waals surface area contributed by atoms with Crippen LogP contribution < -0.4 is 19.9 Å². The third-order valence-corrected chi connectivity index (χ3v) is 6.83. The molecule has 1 aliphatic heterocycles. The molecule has 0 saturated carbocycles. The maximum absolute atomic E-state index is 14.1. The van der Waals surface area contributed by atoms with E-state index in [0.717, 1.165) is 22.9 Å². The lowest BCUT2D eigenvalue weighted by Crippen LogP contribution is -2.29. The van der Waals surface area contributed by atoms with E-state index in [-0.39, 0.29) is 12.2 Å². The Kier molecular flexibility index (Phi) is 6.12. The number of aromatic nitrogens is 2. The van der Waals surface area contributed by atoms with Crippen molar-refractivity contribution in [1.82, 2.24) is 9.78 Å². The van der Waals surface area contributed by atoms with Crippen LogP contribution in [0, 0.1) is 0 Å². The molecular weight excluding hydrogens is 497 g/mol. The Balaban J connectivity index is 1.74. The van der Waals surface area contributed by atoms with Crippen LogP contribution in [0.25, 0.3) is 16.9 Å². The molecular formula is C26H24F5N3O3. The summed E-state index contributed by atoms with van der Waals surface area (Å²) in [6.07, 6.45) is -3.61. The maximum atomic E-state index is 14.1. The zero-order valence-electron chi connectivity index (χ0n) is 20.2. The Hall–Kier alpha value is -3.63. The zero-order chi connectivity index (χ0) is 26.5. The molecule has 0 atom stereocenters. The topological polar surface area (TPSA) is 56.6 Å². The lowest BCUT2D eigenvalue weighted by Gasteiger charge is -2.22. The second kappa shape index (κ2) is 9.04. The predicted molar refractivity (Wildman–Crippen MR) is 127 cm³/mol. The van der Waals surface area contributed by atoms with Crippen molar-refractivity contribution in [2.45, 2.75) is 37.8 Å². The van der Waals surface area contributed by atoms with Gasteiger partial charge in [0.1, 0.15) is 11.5 Å². The standard InChI is InChI=1S/C26H24F5N3O3/c1-36-17-10-15(11-18(13-17)37-2)23-19-4-3-5-20(19)24(35)34(32-23)22-12-16(6-7-21(22)26(29,30)31)33-9-8-25(27,28)14-33/h6-7,10-13H,3-5,8-9,14H2,1-2H3. The number of methoxy groups -OCH3 is 2. The van der Waals surface area contributed by atoms with Gasteiger partial charge in [0, 0.05) is 35.8 Å². The molecule has 11 heteroatoms. The van der Waals surface area contributed by atoms with Crippen molar-refractivity contribution in [1.29, 1.82) is 0 Å². The van der Waals surface area contributed by atoms with Crippen molar-refractivity contribution >= 4 is 5.69 Å². The van der Waals surface area contributed by atoms with Gasteiger partial charge in [-0.15, -0.1) is 0 Å². The Labute approximate surface area is 209 Å². The van der Waals surface area contributed by atoms with Crippen molar-refractivity contribution < 1.29 is 31.4 Å². The smallest absolute Gasteiger partial charge is 0.418 e. The van der Waals surface area contributed by atoms with Crippen LogP contribution in [-0.4, -0.2) is 43.0 Å². The highest BCUT2D eigenvalue weighted by molar-refractivity contribution is 5.69. The zero-order valence-corrected chi connectivity index (χ0v) is 20.2. The van der Waals surface area contributed by atoms with Crippen LogP contribution in [0.15, 0.2) is 41.2 Å². The van der Waals surface area contributed by atoms with Gasteiger partial charge in [-0.05, 0) is 55.2 Å². The third-order valence-electron chi connectivity index (χ3n) is 6.83. The minimum absolute atomic E-state index is 0.0147. The molecule has 2 aliphatic rings. The van der Waals surface area contributed by atoms with Crippen LogP contribution in [-0.2, 0) is 19.0 Å². The highest BCUT2D eigenvalue weighted by Gasteiger charge is 2.40.